The summed E-state index contributed by atoms with van der Waals surface area (Å²) >= 11 is 0. The van der Waals surface area contributed by atoms with Crippen LogP contribution in [0.25, 0.3) is 0 Å². The predicted molar refractivity (Wildman–Crippen MR) is 131 cm³/mol. The molecule has 1 fully saturated rings. The summed E-state index contributed by atoms with van der Waals surface area (Å²) in [5, 5.41) is 21.0. The van der Waals surface area contributed by atoms with Gasteiger partial charge in [0.25, 0.3) is 0 Å². The van der Waals surface area contributed by atoms with Gasteiger partial charge in [0.15, 0.2) is 0 Å². The maximum atomic E-state index is 12.9. The number of hydrogen-bond donors (Lipinski definition) is 2. The van der Waals surface area contributed by atoms with Crippen molar-refractivity contribution in [2.75, 3.05) is 31.1 Å². The Balaban J connectivity index is 1.67. The van der Waals surface area contributed by atoms with Crippen molar-refractivity contribution in [2.45, 2.75) is 65.2 Å². The van der Waals surface area contributed by atoms with Crippen molar-refractivity contribution in [2.24, 2.45) is 0 Å². The van der Waals surface area contributed by atoms with Crippen LogP contribution in [0.1, 0.15) is 64.7 Å². The average Bonchev–Trinajstić information content (AvgIpc) is 2.71. The largest absolute Gasteiger partial charge is 0.507 e. The van der Waals surface area contributed by atoms with Crippen molar-refractivity contribution in [1.82, 2.24) is 4.90 Å². The molecule has 1 heterocycles. The van der Waals surface area contributed by atoms with Crippen LogP contribution in [0.3, 0.4) is 0 Å². The van der Waals surface area contributed by atoms with Gasteiger partial charge in [-0.2, -0.15) is 0 Å². The number of benzene rings is 2. The lowest BCUT2D eigenvalue weighted by Crippen LogP contribution is -2.48. The molecule has 0 saturated carbocycles. The standard InChI is InChI=1S/C27H38N2O3/c1-26(2,3)20-17-19(18-21(25(20)32)27(4,5)6)11-12-24(31)29-15-13-28(14-16-29)22-9-7-8-10-23(22)30/h7-10,17-18,30,32H,11-16H2,1-6H3. The first-order chi connectivity index (χ1) is 14.9. The van der Waals surface area contributed by atoms with Crippen LogP contribution in [0.15, 0.2) is 36.4 Å². The summed E-state index contributed by atoms with van der Waals surface area (Å²) in [6.07, 6.45) is 1.11. The van der Waals surface area contributed by atoms with E-state index < -0.39 is 0 Å². The van der Waals surface area contributed by atoms with E-state index in [2.05, 4.69) is 58.6 Å². The van der Waals surface area contributed by atoms with Gasteiger partial charge in [0.05, 0.1) is 5.69 Å². The van der Waals surface area contributed by atoms with Crippen molar-refractivity contribution in [3.05, 3.63) is 53.1 Å². The smallest absolute Gasteiger partial charge is 0.223 e. The van der Waals surface area contributed by atoms with E-state index in [-0.39, 0.29) is 22.5 Å². The number of carbonyl (C=O) groups excluding carboxylic acids is 1. The fourth-order valence-electron chi connectivity index (χ4n) is 4.32. The predicted octanol–water partition coefficient (Wildman–Crippen LogP) is 4.97. The van der Waals surface area contributed by atoms with E-state index in [1.807, 2.05) is 23.1 Å². The Labute approximate surface area is 192 Å². The fraction of sp³-hybridized carbons (Fsp3) is 0.519. The molecule has 0 unspecified atom stereocenters. The molecule has 0 atom stereocenters. The molecule has 1 amide bonds. The number of carbonyl (C=O) groups is 1. The van der Waals surface area contributed by atoms with E-state index in [0.29, 0.717) is 44.8 Å². The van der Waals surface area contributed by atoms with E-state index in [1.54, 1.807) is 6.07 Å². The van der Waals surface area contributed by atoms with Crippen molar-refractivity contribution in [1.29, 1.82) is 0 Å². The number of hydrogen-bond acceptors (Lipinski definition) is 4. The second-order valence-corrected chi connectivity index (χ2v) is 10.9. The monoisotopic (exact) mass is 438 g/mol. The molecule has 0 radical (unpaired) electrons. The van der Waals surface area contributed by atoms with Gasteiger partial charge in [-0.3, -0.25) is 4.79 Å². The Morgan fingerprint density at radius 2 is 1.41 bits per heavy atom. The van der Waals surface area contributed by atoms with Crippen LogP contribution in [0.5, 0.6) is 11.5 Å². The number of para-hydroxylation sites is 2. The number of nitrogens with zero attached hydrogens (tertiary/aromatic N) is 2. The zero-order chi connectivity index (χ0) is 23.7. The lowest BCUT2D eigenvalue weighted by atomic mass is 9.78. The van der Waals surface area contributed by atoms with Gasteiger partial charge < -0.3 is 20.0 Å². The van der Waals surface area contributed by atoms with E-state index in [1.165, 1.54) is 0 Å². The highest BCUT2D eigenvalue weighted by Gasteiger charge is 2.27. The van der Waals surface area contributed by atoms with E-state index in [0.717, 1.165) is 22.4 Å². The van der Waals surface area contributed by atoms with Crippen molar-refractivity contribution >= 4 is 11.6 Å². The van der Waals surface area contributed by atoms with Gasteiger partial charge in [-0.25, -0.2) is 0 Å². The summed E-state index contributed by atoms with van der Waals surface area (Å²) in [4.78, 5) is 17.0. The number of aromatic hydroxyl groups is 2. The zero-order valence-corrected chi connectivity index (χ0v) is 20.4. The highest BCUT2D eigenvalue weighted by atomic mass is 16.3. The minimum Gasteiger partial charge on any atom is -0.507 e. The Morgan fingerprint density at radius 1 is 0.875 bits per heavy atom. The third-order valence-corrected chi connectivity index (χ3v) is 6.27. The van der Waals surface area contributed by atoms with E-state index in [4.69, 9.17) is 0 Å². The number of piperazine rings is 1. The maximum Gasteiger partial charge on any atom is 0.223 e. The number of anilines is 1. The summed E-state index contributed by atoms with van der Waals surface area (Å²) < 4.78 is 0. The van der Waals surface area contributed by atoms with Crippen LogP contribution in [0, 0.1) is 0 Å². The van der Waals surface area contributed by atoms with Gasteiger partial charge in [-0.1, -0.05) is 65.8 Å². The Bertz CT molecular complexity index is 927. The molecule has 174 valence electrons. The van der Waals surface area contributed by atoms with E-state index in [9.17, 15) is 15.0 Å². The first kappa shape index (κ1) is 24.0. The number of rotatable bonds is 4. The third kappa shape index (κ3) is 5.37. The zero-order valence-electron chi connectivity index (χ0n) is 20.4. The highest BCUT2D eigenvalue weighted by molar-refractivity contribution is 5.77. The molecule has 5 nitrogen and oxygen atoms in total. The molecular formula is C27H38N2O3. The third-order valence-electron chi connectivity index (χ3n) is 6.27. The minimum absolute atomic E-state index is 0.157. The molecule has 2 aromatic rings. The highest BCUT2D eigenvalue weighted by Crippen LogP contribution is 2.40. The van der Waals surface area contributed by atoms with Gasteiger partial charge in [-0.05, 0) is 46.1 Å². The summed E-state index contributed by atoms with van der Waals surface area (Å²) in [7, 11) is 0. The summed E-state index contributed by atoms with van der Waals surface area (Å²) in [5.41, 5.74) is 3.44. The number of phenols is 2. The normalized spacial score (nSPS) is 15.2. The summed E-state index contributed by atoms with van der Waals surface area (Å²) in [6, 6.07) is 11.5. The fourth-order valence-corrected chi connectivity index (χ4v) is 4.32. The van der Waals surface area contributed by atoms with Crippen LogP contribution in [-0.4, -0.2) is 47.2 Å². The van der Waals surface area contributed by atoms with E-state index >= 15 is 0 Å². The summed E-state index contributed by atoms with van der Waals surface area (Å²) in [5.74, 6) is 0.814. The van der Waals surface area contributed by atoms with Crippen LogP contribution in [-0.2, 0) is 22.0 Å². The first-order valence-electron chi connectivity index (χ1n) is 11.6. The average molecular weight is 439 g/mol. The molecule has 1 aliphatic heterocycles. The molecule has 5 heteroatoms. The van der Waals surface area contributed by atoms with Crippen LogP contribution >= 0.6 is 0 Å². The lowest BCUT2D eigenvalue weighted by Gasteiger charge is -2.36. The Hall–Kier alpha value is -2.69. The molecule has 2 aromatic carbocycles. The SMILES string of the molecule is CC(C)(C)c1cc(CCC(=O)N2CCN(c3ccccc3O)CC2)cc(C(C)(C)C)c1O. The molecule has 0 spiro atoms. The van der Waals surface area contributed by atoms with Gasteiger partial charge in [0.1, 0.15) is 11.5 Å². The van der Waals surface area contributed by atoms with Crippen LogP contribution in [0.2, 0.25) is 0 Å². The topological polar surface area (TPSA) is 64.0 Å². The number of amides is 1. The number of aryl methyl sites for hydroxylation is 1. The number of phenolic OH excluding ortho intramolecular Hbond substituents is 2. The quantitative estimate of drug-likeness (QED) is 0.707. The molecular weight excluding hydrogens is 400 g/mol. The Kier molecular flexibility index (Phi) is 6.77. The van der Waals surface area contributed by atoms with Gasteiger partial charge in [0, 0.05) is 32.6 Å². The first-order valence-corrected chi connectivity index (χ1v) is 11.6. The van der Waals surface area contributed by atoms with Crippen molar-refractivity contribution in [3.8, 4) is 11.5 Å². The van der Waals surface area contributed by atoms with Crippen LogP contribution < -0.4 is 4.90 Å². The molecule has 1 saturated heterocycles. The molecule has 0 bridgehead atoms. The van der Waals surface area contributed by atoms with Gasteiger partial charge in [0.2, 0.25) is 5.91 Å². The lowest BCUT2D eigenvalue weighted by molar-refractivity contribution is -0.131. The molecule has 0 aromatic heterocycles. The minimum atomic E-state index is -0.177. The molecule has 1 aliphatic rings. The van der Waals surface area contributed by atoms with Crippen molar-refractivity contribution in [3.63, 3.8) is 0 Å². The molecule has 32 heavy (non-hydrogen) atoms. The van der Waals surface area contributed by atoms with Gasteiger partial charge >= 0.3 is 0 Å². The van der Waals surface area contributed by atoms with Crippen molar-refractivity contribution < 1.29 is 15.0 Å². The molecule has 0 aliphatic carbocycles. The maximum absolute atomic E-state index is 12.9. The van der Waals surface area contributed by atoms with Crippen LogP contribution in [0.4, 0.5) is 5.69 Å². The molecule has 2 N–H and O–H groups in total. The molecule has 3 rings (SSSR count). The Morgan fingerprint density at radius 3 is 1.91 bits per heavy atom. The van der Waals surface area contributed by atoms with Gasteiger partial charge in [-0.15, -0.1) is 0 Å². The second-order valence-electron chi connectivity index (χ2n) is 10.9. The second kappa shape index (κ2) is 9.05. The summed E-state index contributed by atoms with van der Waals surface area (Å²) in [6.45, 7) is 15.4.